The van der Waals surface area contributed by atoms with Crippen LogP contribution in [0.3, 0.4) is 0 Å². The van der Waals surface area contributed by atoms with Crippen LogP contribution < -0.4 is 5.73 Å². The molecule has 5 heteroatoms. The van der Waals surface area contributed by atoms with Crippen molar-refractivity contribution < 1.29 is 6.16 Å². The molecule has 29 heavy (non-hydrogen) atoms. The van der Waals surface area contributed by atoms with Crippen molar-refractivity contribution in [2.75, 3.05) is 6.61 Å². The number of rotatable bonds is 10. The standard InChI is InChI=1S/C24H31N3OS.H2/c1-5-21(23(25)26-4)22(28-6-2)13-17(3)12-18-14-19-15-24(19,27-16-18)29-20-10-8-7-9-11-20;/h5,8,10-11,13-14,16-17,19H,1,4,6-7,9,12,15,25H2,2-3H3;1H/b22-13-,23-21+;. The number of ether oxygens (including phenoxy) is 1. The number of thioether (sulfide) groups is 1. The summed E-state index contributed by atoms with van der Waals surface area (Å²) in [4.78, 5) is 10.2. The summed E-state index contributed by atoms with van der Waals surface area (Å²) < 4.78 is 5.80. The van der Waals surface area contributed by atoms with Crippen molar-refractivity contribution in [2.24, 2.45) is 27.6 Å². The van der Waals surface area contributed by atoms with E-state index in [2.05, 4.69) is 61.8 Å². The summed E-state index contributed by atoms with van der Waals surface area (Å²) in [7, 11) is 0. The second-order valence-corrected chi connectivity index (χ2v) is 9.03. The maximum atomic E-state index is 5.95. The summed E-state index contributed by atoms with van der Waals surface area (Å²) in [5.41, 5.74) is 7.92. The largest absolute Gasteiger partial charge is 0.493 e. The van der Waals surface area contributed by atoms with E-state index in [1.807, 2.05) is 18.7 Å². The van der Waals surface area contributed by atoms with Crippen molar-refractivity contribution in [3.8, 4) is 0 Å². The van der Waals surface area contributed by atoms with Crippen LogP contribution >= 0.6 is 11.8 Å². The van der Waals surface area contributed by atoms with Gasteiger partial charge >= 0.3 is 0 Å². The molecule has 0 saturated heterocycles. The van der Waals surface area contributed by atoms with E-state index >= 15 is 0 Å². The highest BCUT2D eigenvalue weighted by molar-refractivity contribution is 8.04. The van der Waals surface area contributed by atoms with Crippen molar-refractivity contribution in [3.05, 3.63) is 70.7 Å². The second-order valence-electron chi connectivity index (χ2n) is 7.65. The molecule has 4 nitrogen and oxygen atoms in total. The topological polar surface area (TPSA) is 60.0 Å². The van der Waals surface area contributed by atoms with Gasteiger partial charge in [0.2, 0.25) is 0 Å². The molecule has 0 aromatic heterocycles. The molecule has 0 bridgehead atoms. The Morgan fingerprint density at radius 1 is 1.55 bits per heavy atom. The van der Waals surface area contributed by atoms with Crippen molar-refractivity contribution >= 4 is 24.7 Å². The Kier molecular flexibility index (Phi) is 7.01. The zero-order chi connectivity index (χ0) is 20.9. The highest BCUT2D eigenvalue weighted by Gasteiger charge is 2.55. The molecule has 0 aromatic rings. The average Bonchev–Trinajstić information content (AvgIpc) is 3.42. The normalized spacial score (nSPS) is 27.2. The van der Waals surface area contributed by atoms with Gasteiger partial charge in [0.25, 0.3) is 0 Å². The van der Waals surface area contributed by atoms with Gasteiger partial charge < -0.3 is 10.5 Å². The fraction of sp³-hybridized carbons (Fsp3) is 0.417. The maximum Gasteiger partial charge on any atom is 0.133 e. The minimum atomic E-state index is 0. The lowest BCUT2D eigenvalue weighted by Gasteiger charge is -2.19. The van der Waals surface area contributed by atoms with E-state index < -0.39 is 0 Å². The molecule has 0 spiro atoms. The van der Waals surface area contributed by atoms with Gasteiger partial charge in [-0.15, -0.1) is 0 Å². The summed E-state index contributed by atoms with van der Waals surface area (Å²) >= 11 is 1.92. The number of nitrogens with two attached hydrogens (primary N) is 1. The Morgan fingerprint density at radius 3 is 3.00 bits per heavy atom. The highest BCUT2D eigenvalue weighted by atomic mass is 32.2. The highest BCUT2D eigenvalue weighted by Crippen LogP contribution is 2.60. The molecule has 1 fully saturated rings. The first-order valence-corrected chi connectivity index (χ1v) is 11.1. The van der Waals surface area contributed by atoms with Gasteiger partial charge in [-0.1, -0.05) is 55.6 Å². The molecule has 1 aliphatic heterocycles. The van der Waals surface area contributed by atoms with Gasteiger partial charge in [-0.25, -0.2) is 4.99 Å². The van der Waals surface area contributed by atoms with Crippen LogP contribution in [0.4, 0.5) is 0 Å². The smallest absolute Gasteiger partial charge is 0.133 e. The molecule has 2 aliphatic carbocycles. The number of allylic oxidation sites excluding steroid dienone is 6. The monoisotopic (exact) mass is 411 g/mol. The summed E-state index contributed by atoms with van der Waals surface area (Å²) in [5, 5.41) is 0. The van der Waals surface area contributed by atoms with Crippen LogP contribution in [0.5, 0.6) is 0 Å². The van der Waals surface area contributed by atoms with Crippen LogP contribution in [0, 0.1) is 11.8 Å². The Labute approximate surface area is 180 Å². The molecule has 1 heterocycles. The van der Waals surface area contributed by atoms with E-state index in [9.17, 15) is 0 Å². The Hall–Kier alpha value is -2.27. The van der Waals surface area contributed by atoms with Gasteiger partial charge in [0, 0.05) is 18.5 Å². The van der Waals surface area contributed by atoms with E-state index in [1.165, 1.54) is 10.5 Å². The molecule has 0 aromatic carbocycles. The fourth-order valence-corrected chi connectivity index (χ4v) is 5.06. The molecule has 2 N–H and O–H groups in total. The molecule has 3 rings (SSSR count). The SMILES string of the molecule is C=CC(/C(=C/C(C)CC1=CC2CC2(SC2=CCCC=C2)N=C1)OCC)=C(/N)N=C.[HH]. The molecule has 0 radical (unpaired) electrons. The molecule has 156 valence electrons. The molecule has 3 atom stereocenters. The minimum Gasteiger partial charge on any atom is -0.493 e. The third kappa shape index (κ3) is 5.21. The molecular formula is C24H33N3OS. The average molecular weight is 412 g/mol. The molecule has 3 aliphatic rings. The maximum absolute atomic E-state index is 5.95. The van der Waals surface area contributed by atoms with Gasteiger partial charge in [-0.05, 0) is 56.9 Å². The van der Waals surface area contributed by atoms with Crippen LogP contribution in [0.15, 0.2) is 80.7 Å². The molecule has 1 saturated carbocycles. The number of fused-ring (bicyclic) bond motifs is 1. The van der Waals surface area contributed by atoms with Crippen LogP contribution in [0.25, 0.3) is 0 Å². The number of hydrogen-bond donors (Lipinski definition) is 1. The predicted octanol–water partition coefficient (Wildman–Crippen LogP) is 5.93. The van der Waals surface area contributed by atoms with Crippen LogP contribution in [-0.4, -0.2) is 24.4 Å². The van der Waals surface area contributed by atoms with Crippen molar-refractivity contribution in [3.63, 3.8) is 0 Å². The second kappa shape index (κ2) is 9.49. The molecule has 3 unspecified atom stereocenters. The van der Waals surface area contributed by atoms with Gasteiger partial charge in [0.15, 0.2) is 0 Å². The zero-order valence-corrected chi connectivity index (χ0v) is 18.3. The Balaban J connectivity index is 0.00000320. The number of aliphatic imine (C=N–C) groups is 2. The molecule has 0 amide bonds. The van der Waals surface area contributed by atoms with E-state index in [0.717, 1.165) is 25.7 Å². The predicted molar refractivity (Wildman–Crippen MR) is 128 cm³/mol. The van der Waals surface area contributed by atoms with Crippen molar-refractivity contribution in [1.29, 1.82) is 0 Å². The Morgan fingerprint density at radius 2 is 2.38 bits per heavy atom. The van der Waals surface area contributed by atoms with E-state index in [4.69, 9.17) is 15.5 Å². The van der Waals surface area contributed by atoms with E-state index in [1.54, 1.807) is 6.08 Å². The first-order chi connectivity index (χ1) is 14.0. The number of hydrogen-bond acceptors (Lipinski definition) is 5. The molecular weight excluding hydrogens is 378 g/mol. The van der Waals surface area contributed by atoms with Gasteiger partial charge in [0.1, 0.15) is 16.5 Å². The minimum absolute atomic E-state index is 0. The van der Waals surface area contributed by atoms with Gasteiger partial charge in [-0.3, -0.25) is 4.99 Å². The van der Waals surface area contributed by atoms with E-state index in [0.29, 0.717) is 29.7 Å². The van der Waals surface area contributed by atoms with E-state index in [-0.39, 0.29) is 12.2 Å². The summed E-state index contributed by atoms with van der Waals surface area (Å²) in [6.45, 7) is 12.0. The van der Waals surface area contributed by atoms with Crippen molar-refractivity contribution in [1.82, 2.24) is 0 Å². The lowest BCUT2D eigenvalue weighted by molar-refractivity contribution is 0.235. The lowest BCUT2D eigenvalue weighted by Crippen LogP contribution is -2.10. The summed E-state index contributed by atoms with van der Waals surface area (Å²) in [6, 6.07) is 0. The van der Waals surface area contributed by atoms with Crippen LogP contribution in [-0.2, 0) is 4.74 Å². The zero-order valence-electron chi connectivity index (χ0n) is 17.4. The third-order valence-corrected chi connectivity index (χ3v) is 6.73. The first kappa shape index (κ1) is 21.4. The lowest BCUT2D eigenvalue weighted by atomic mass is 9.97. The summed E-state index contributed by atoms with van der Waals surface area (Å²) in [6.07, 6.45) is 19.4. The first-order valence-electron chi connectivity index (χ1n) is 10.3. The van der Waals surface area contributed by atoms with Crippen LogP contribution in [0.2, 0.25) is 0 Å². The van der Waals surface area contributed by atoms with Crippen molar-refractivity contribution in [2.45, 2.75) is 44.4 Å². The van der Waals surface area contributed by atoms with Gasteiger partial charge in [0.05, 0.1) is 12.2 Å². The third-order valence-electron chi connectivity index (χ3n) is 5.26. The van der Waals surface area contributed by atoms with Crippen LogP contribution in [0.1, 0.15) is 41.0 Å². The number of dihydropyridines is 1. The number of nitrogens with zero attached hydrogens (tertiary/aromatic N) is 2. The quantitative estimate of drug-likeness (QED) is 0.275. The summed E-state index contributed by atoms with van der Waals surface area (Å²) in [5.74, 6) is 1.84. The fourth-order valence-electron chi connectivity index (χ4n) is 3.70. The Bertz CT molecular complexity index is 853. The van der Waals surface area contributed by atoms with Gasteiger partial charge in [-0.2, -0.15) is 0 Å².